The molecule has 7 nitrogen and oxygen atoms in total. The van der Waals surface area contributed by atoms with E-state index in [2.05, 4.69) is 20.5 Å². The maximum absolute atomic E-state index is 12.1. The van der Waals surface area contributed by atoms with Gasteiger partial charge in [0, 0.05) is 11.8 Å². The highest BCUT2D eigenvalue weighted by molar-refractivity contribution is 6.16. The van der Waals surface area contributed by atoms with E-state index < -0.39 is 0 Å². The summed E-state index contributed by atoms with van der Waals surface area (Å²) in [6.45, 7) is 1.80. The third-order valence-corrected chi connectivity index (χ3v) is 4.11. The molecule has 1 aliphatic rings. The Morgan fingerprint density at radius 1 is 1.35 bits per heavy atom. The Kier molecular flexibility index (Phi) is 4.45. The Morgan fingerprint density at radius 3 is 2.70 bits per heavy atom. The number of nitrogens with zero attached hydrogens (tertiary/aromatic N) is 5. The lowest BCUT2D eigenvalue weighted by Gasteiger charge is -2.10. The van der Waals surface area contributed by atoms with Crippen molar-refractivity contribution in [3.63, 3.8) is 0 Å². The molecule has 0 saturated heterocycles. The van der Waals surface area contributed by atoms with Gasteiger partial charge >= 0.3 is 5.97 Å². The second-order valence-corrected chi connectivity index (χ2v) is 5.66. The number of methoxy groups -OCH3 is 1. The zero-order valence-corrected chi connectivity index (χ0v) is 13.3. The van der Waals surface area contributed by atoms with Crippen LogP contribution >= 0.6 is 0 Å². The topological polar surface area (TPSA) is 82.8 Å². The fourth-order valence-corrected chi connectivity index (χ4v) is 2.87. The van der Waals surface area contributed by atoms with Gasteiger partial charge < -0.3 is 4.74 Å². The first-order valence-corrected chi connectivity index (χ1v) is 7.71. The SMILES string of the molecule is COC(=O)C(=CC1CCCC1)c1ccc(-n2nnnc2C)nc1. The molecule has 2 heterocycles. The fraction of sp³-hybridized carbons (Fsp3) is 0.438. The zero-order chi connectivity index (χ0) is 16.2. The summed E-state index contributed by atoms with van der Waals surface area (Å²) in [7, 11) is 1.40. The second-order valence-electron chi connectivity index (χ2n) is 5.66. The number of aromatic nitrogens is 5. The number of rotatable bonds is 4. The molecule has 0 N–H and O–H groups in total. The third kappa shape index (κ3) is 3.28. The van der Waals surface area contributed by atoms with E-state index in [0.717, 1.165) is 18.4 Å². The van der Waals surface area contributed by atoms with Gasteiger partial charge in [-0.1, -0.05) is 18.9 Å². The van der Waals surface area contributed by atoms with Crippen molar-refractivity contribution in [1.29, 1.82) is 0 Å². The molecule has 2 aromatic heterocycles. The van der Waals surface area contributed by atoms with E-state index in [9.17, 15) is 4.79 Å². The number of hydrogen-bond acceptors (Lipinski definition) is 6. The van der Waals surface area contributed by atoms with Crippen LogP contribution in [0, 0.1) is 12.8 Å². The molecule has 0 amide bonds. The van der Waals surface area contributed by atoms with Crippen molar-refractivity contribution in [2.75, 3.05) is 7.11 Å². The van der Waals surface area contributed by atoms with E-state index in [4.69, 9.17) is 4.74 Å². The first kappa shape index (κ1) is 15.3. The number of esters is 1. The van der Waals surface area contributed by atoms with Crippen molar-refractivity contribution in [2.45, 2.75) is 32.6 Å². The molecule has 7 heteroatoms. The number of aryl methyl sites for hydroxylation is 1. The van der Waals surface area contributed by atoms with E-state index in [0.29, 0.717) is 23.1 Å². The maximum Gasteiger partial charge on any atom is 0.338 e. The number of carbonyl (C=O) groups is 1. The number of hydrogen-bond donors (Lipinski definition) is 0. The van der Waals surface area contributed by atoms with E-state index >= 15 is 0 Å². The highest BCUT2D eigenvalue weighted by atomic mass is 16.5. The van der Waals surface area contributed by atoms with E-state index in [1.807, 2.05) is 12.1 Å². The minimum atomic E-state index is -0.329. The smallest absolute Gasteiger partial charge is 0.338 e. The first-order valence-electron chi connectivity index (χ1n) is 7.71. The van der Waals surface area contributed by atoms with Crippen molar-refractivity contribution in [3.05, 3.63) is 35.8 Å². The van der Waals surface area contributed by atoms with Gasteiger partial charge in [-0.2, -0.15) is 4.68 Å². The summed E-state index contributed by atoms with van der Waals surface area (Å²) in [6, 6.07) is 3.64. The zero-order valence-electron chi connectivity index (χ0n) is 13.3. The molecule has 120 valence electrons. The van der Waals surface area contributed by atoms with Crippen LogP contribution in [0.4, 0.5) is 0 Å². The summed E-state index contributed by atoms with van der Waals surface area (Å²) in [5.74, 6) is 1.37. The van der Waals surface area contributed by atoms with Crippen LogP contribution in [0.15, 0.2) is 24.4 Å². The maximum atomic E-state index is 12.1. The highest BCUT2D eigenvalue weighted by Gasteiger charge is 2.19. The number of carbonyl (C=O) groups excluding carboxylic acids is 1. The van der Waals surface area contributed by atoms with Crippen LogP contribution in [-0.4, -0.2) is 38.3 Å². The summed E-state index contributed by atoms with van der Waals surface area (Å²) in [6.07, 6.45) is 8.36. The highest BCUT2D eigenvalue weighted by Crippen LogP contribution is 2.29. The second kappa shape index (κ2) is 6.68. The molecule has 0 aromatic carbocycles. The monoisotopic (exact) mass is 313 g/mol. The molecule has 0 bridgehead atoms. The average molecular weight is 313 g/mol. The minimum Gasteiger partial charge on any atom is -0.465 e. The normalized spacial score (nSPS) is 15.8. The number of tetrazole rings is 1. The third-order valence-electron chi connectivity index (χ3n) is 4.11. The van der Waals surface area contributed by atoms with Gasteiger partial charge in [-0.05, 0) is 48.2 Å². The van der Waals surface area contributed by atoms with Crippen LogP contribution in [0.3, 0.4) is 0 Å². The summed E-state index contributed by atoms with van der Waals surface area (Å²) in [4.78, 5) is 16.5. The number of allylic oxidation sites excluding steroid dienone is 1. The molecule has 1 saturated carbocycles. The van der Waals surface area contributed by atoms with Gasteiger partial charge in [-0.15, -0.1) is 5.10 Å². The van der Waals surface area contributed by atoms with Crippen molar-refractivity contribution in [1.82, 2.24) is 25.2 Å². The van der Waals surface area contributed by atoms with Gasteiger partial charge in [0.25, 0.3) is 0 Å². The summed E-state index contributed by atoms with van der Waals surface area (Å²) < 4.78 is 6.47. The van der Waals surface area contributed by atoms with Crippen LogP contribution < -0.4 is 0 Å². The van der Waals surface area contributed by atoms with Gasteiger partial charge in [0.05, 0.1) is 12.7 Å². The molecule has 23 heavy (non-hydrogen) atoms. The van der Waals surface area contributed by atoms with E-state index in [-0.39, 0.29) is 5.97 Å². The van der Waals surface area contributed by atoms with Crippen LogP contribution in [-0.2, 0) is 9.53 Å². The molecule has 1 aliphatic carbocycles. The Hall–Kier alpha value is -2.57. The van der Waals surface area contributed by atoms with Crippen molar-refractivity contribution in [2.24, 2.45) is 5.92 Å². The van der Waals surface area contributed by atoms with Crippen molar-refractivity contribution in [3.8, 4) is 5.82 Å². The summed E-state index contributed by atoms with van der Waals surface area (Å²) in [5, 5.41) is 11.3. The Labute approximate surface area is 134 Å². The van der Waals surface area contributed by atoms with Crippen LogP contribution in [0.25, 0.3) is 11.4 Å². The van der Waals surface area contributed by atoms with E-state index in [1.54, 1.807) is 23.9 Å². The Morgan fingerprint density at radius 2 is 2.13 bits per heavy atom. The molecular weight excluding hydrogens is 294 g/mol. The molecule has 0 radical (unpaired) electrons. The van der Waals surface area contributed by atoms with Crippen LogP contribution in [0.1, 0.15) is 37.1 Å². The quantitative estimate of drug-likeness (QED) is 0.635. The van der Waals surface area contributed by atoms with Gasteiger partial charge in [-0.3, -0.25) is 0 Å². The fourth-order valence-electron chi connectivity index (χ4n) is 2.87. The predicted molar refractivity (Wildman–Crippen MR) is 83.6 cm³/mol. The van der Waals surface area contributed by atoms with Crippen molar-refractivity contribution < 1.29 is 9.53 Å². The largest absolute Gasteiger partial charge is 0.465 e. The van der Waals surface area contributed by atoms with Gasteiger partial charge in [0.2, 0.25) is 0 Å². The molecule has 2 aromatic rings. The van der Waals surface area contributed by atoms with E-state index in [1.165, 1.54) is 20.0 Å². The predicted octanol–water partition coefficient (Wildman–Crippen LogP) is 2.11. The Balaban J connectivity index is 1.90. The molecule has 0 unspecified atom stereocenters. The lowest BCUT2D eigenvalue weighted by atomic mass is 10.00. The summed E-state index contributed by atoms with van der Waals surface area (Å²) in [5.41, 5.74) is 1.32. The van der Waals surface area contributed by atoms with Crippen LogP contribution in [0.2, 0.25) is 0 Å². The molecule has 0 atom stereocenters. The minimum absolute atomic E-state index is 0.329. The molecular formula is C16H19N5O2. The Bertz CT molecular complexity index is 714. The lowest BCUT2D eigenvalue weighted by molar-refractivity contribution is -0.133. The molecule has 0 aliphatic heterocycles. The van der Waals surface area contributed by atoms with Crippen molar-refractivity contribution >= 4 is 11.5 Å². The average Bonchev–Trinajstić information content (AvgIpc) is 3.23. The van der Waals surface area contributed by atoms with Gasteiger partial charge in [0.1, 0.15) is 0 Å². The first-order chi connectivity index (χ1) is 11.2. The van der Waals surface area contributed by atoms with Gasteiger partial charge in [-0.25, -0.2) is 9.78 Å². The summed E-state index contributed by atoms with van der Waals surface area (Å²) >= 11 is 0. The standard InChI is InChI=1S/C16H19N5O2/c1-11-18-19-20-21(11)15-8-7-13(10-17-15)14(16(22)23-2)9-12-5-3-4-6-12/h7-10,12H,3-6H2,1-2H3. The lowest BCUT2D eigenvalue weighted by Crippen LogP contribution is -2.08. The van der Waals surface area contributed by atoms with Gasteiger partial charge in [0.15, 0.2) is 11.6 Å². The van der Waals surface area contributed by atoms with Crippen LogP contribution in [0.5, 0.6) is 0 Å². The molecule has 1 fully saturated rings. The molecule has 3 rings (SSSR count). The number of pyridine rings is 1. The molecule has 0 spiro atoms. The number of ether oxygens (including phenoxy) is 1.